The molecule has 1 fully saturated rings. The molecule has 0 radical (unpaired) electrons. The van der Waals surface area contributed by atoms with E-state index in [0.717, 1.165) is 25.9 Å². The molecule has 1 amide bonds. The summed E-state index contributed by atoms with van der Waals surface area (Å²) >= 11 is 0. The standard InChI is InChI=1S/C17H24N2O2/c1-3-10-18-17(21)13(2)19-11-4-5-15(12-19)14-6-8-16(20)9-7-14/h3,6-9,13,15,20H,1,4-5,10-12H2,2H3,(H,18,21). The van der Waals surface area contributed by atoms with E-state index in [0.29, 0.717) is 18.2 Å². The van der Waals surface area contributed by atoms with Crippen LogP contribution in [-0.4, -0.2) is 41.6 Å². The summed E-state index contributed by atoms with van der Waals surface area (Å²) in [4.78, 5) is 14.3. The van der Waals surface area contributed by atoms with Gasteiger partial charge >= 0.3 is 0 Å². The van der Waals surface area contributed by atoms with Crippen LogP contribution < -0.4 is 5.32 Å². The van der Waals surface area contributed by atoms with Crippen LogP contribution in [0.25, 0.3) is 0 Å². The maximum atomic E-state index is 12.1. The number of phenolic OH excluding ortho intramolecular Hbond substituents is 1. The normalized spacial score (nSPS) is 20.7. The number of nitrogens with zero attached hydrogens (tertiary/aromatic N) is 1. The van der Waals surface area contributed by atoms with Gasteiger partial charge in [0.1, 0.15) is 5.75 Å². The minimum Gasteiger partial charge on any atom is -0.508 e. The molecule has 2 rings (SSSR count). The lowest BCUT2D eigenvalue weighted by atomic mass is 9.90. The lowest BCUT2D eigenvalue weighted by Gasteiger charge is -2.36. The van der Waals surface area contributed by atoms with Gasteiger partial charge < -0.3 is 10.4 Å². The summed E-state index contributed by atoms with van der Waals surface area (Å²) in [5.74, 6) is 0.777. The van der Waals surface area contributed by atoms with Gasteiger partial charge in [0, 0.05) is 13.1 Å². The van der Waals surface area contributed by atoms with Gasteiger partial charge in [0.15, 0.2) is 0 Å². The number of rotatable bonds is 5. The van der Waals surface area contributed by atoms with Gasteiger partial charge in [0.05, 0.1) is 6.04 Å². The highest BCUT2D eigenvalue weighted by atomic mass is 16.3. The molecule has 1 aromatic carbocycles. The average molecular weight is 288 g/mol. The van der Waals surface area contributed by atoms with Crippen molar-refractivity contribution in [1.29, 1.82) is 0 Å². The number of phenols is 1. The third-order valence-electron chi connectivity index (χ3n) is 4.17. The molecule has 21 heavy (non-hydrogen) atoms. The molecule has 1 aliphatic rings. The first kappa shape index (κ1) is 15.6. The lowest BCUT2D eigenvalue weighted by molar-refractivity contribution is -0.126. The van der Waals surface area contributed by atoms with E-state index in [-0.39, 0.29) is 11.9 Å². The number of hydrogen-bond acceptors (Lipinski definition) is 3. The zero-order valence-electron chi connectivity index (χ0n) is 12.6. The Kier molecular flexibility index (Phi) is 5.39. The fraction of sp³-hybridized carbons (Fsp3) is 0.471. The van der Waals surface area contributed by atoms with Gasteiger partial charge in [-0.25, -0.2) is 0 Å². The summed E-state index contributed by atoms with van der Waals surface area (Å²) < 4.78 is 0. The number of carbonyl (C=O) groups excluding carboxylic acids is 1. The van der Waals surface area contributed by atoms with Crippen LogP contribution in [-0.2, 0) is 4.79 Å². The van der Waals surface area contributed by atoms with Crippen LogP contribution in [0.3, 0.4) is 0 Å². The second kappa shape index (κ2) is 7.27. The van der Waals surface area contributed by atoms with Crippen LogP contribution in [0.2, 0.25) is 0 Å². The molecule has 2 unspecified atom stereocenters. The Morgan fingerprint density at radius 3 is 2.90 bits per heavy atom. The number of amides is 1. The molecule has 4 nitrogen and oxygen atoms in total. The Labute approximate surface area is 126 Å². The third-order valence-corrected chi connectivity index (χ3v) is 4.17. The first-order chi connectivity index (χ1) is 10.1. The number of benzene rings is 1. The zero-order valence-corrected chi connectivity index (χ0v) is 12.6. The molecule has 1 saturated heterocycles. The van der Waals surface area contributed by atoms with E-state index in [1.165, 1.54) is 5.56 Å². The topological polar surface area (TPSA) is 52.6 Å². The molecular weight excluding hydrogens is 264 g/mol. The van der Waals surface area contributed by atoms with Crippen LogP contribution in [0, 0.1) is 0 Å². The van der Waals surface area contributed by atoms with Gasteiger partial charge in [-0.05, 0) is 49.9 Å². The molecule has 114 valence electrons. The van der Waals surface area contributed by atoms with Crippen molar-refractivity contribution in [2.75, 3.05) is 19.6 Å². The smallest absolute Gasteiger partial charge is 0.237 e. The number of hydrogen-bond donors (Lipinski definition) is 2. The summed E-state index contributed by atoms with van der Waals surface area (Å²) in [6.45, 7) is 7.92. The predicted molar refractivity (Wildman–Crippen MR) is 84.3 cm³/mol. The first-order valence-corrected chi connectivity index (χ1v) is 7.53. The van der Waals surface area contributed by atoms with Gasteiger partial charge in [-0.15, -0.1) is 6.58 Å². The van der Waals surface area contributed by atoms with Crippen LogP contribution >= 0.6 is 0 Å². The quantitative estimate of drug-likeness (QED) is 0.817. The predicted octanol–water partition coefficient (Wildman–Crippen LogP) is 2.26. The minimum atomic E-state index is -0.120. The molecule has 1 aliphatic heterocycles. The molecular formula is C17H24N2O2. The van der Waals surface area contributed by atoms with Gasteiger partial charge in [0.25, 0.3) is 0 Å². The number of carbonyl (C=O) groups is 1. The highest BCUT2D eigenvalue weighted by Crippen LogP contribution is 2.28. The number of aromatic hydroxyl groups is 1. The van der Waals surface area contributed by atoms with Crippen molar-refractivity contribution in [2.45, 2.75) is 31.7 Å². The van der Waals surface area contributed by atoms with E-state index in [2.05, 4.69) is 16.8 Å². The van der Waals surface area contributed by atoms with Crippen molar-refractivity contribution in [3.63, 3.8) is 0 Å². The maximum absolute atomic E-state index is 12.1. The van der Waals surface area contributed by atoms with E-state index in [9.17, 15) is 9.90 Å². The summed E-state index contributed by atoms with van der Waals surface area (Å²) in [6.07, 6.45) is 3.91. The van der Waals surface area contributed by atoms with Crippen LogP contribution in [0.1, 0.15) is 31.2 Å². The fourth-order valence-electron chi connectivity index (χ4n) is 2.86. The SMILES string of the molecule is C=CCNC(=O)C(C)N1CCCC(c2ccc(O)cc2)C1. The van der Waals surface area contributed by atoms with Crippen molar-refractivity contribution in [3.8, 4) is 5.75 Å². The average Bonchev–Trinajstić information content (AvgIpc) is 2.52. The third kappa shape index (κ3) is 4.08. The molecule has 1 heterocycles. The molecule has 0 saturated carbocycles. The maximum Gasteiger partial charge on any atom is 0.237 e. The summed E-state index contributed by atoms with van der Waals surface area (Å²) in [5, 5.41) is 12.2. The largest absolute Gasteiger partial charge is 0.508 e. The van der Waals surface area contributed by atoms with Crippen molar-refractivity contribution in [2.24, 2.45) is 0 Å². The van der Waals surface area contributed by atoms with Gasteiger partial charge in [-0.1, -0.05) is 18.2 Å². The van der Waals surface area contributed by atoms with Crippen LogP contribution in [0.5, 0.6) is 5.75 Å². The Hall–Kier alpha value is -1.81. The van der Waals surface area contributed by atoms with Crippen molar-refractivity contribution in [3.05, 3.63) is 42.5 Å². The Bertz CT molecular complexity index is 484. The van der Waals surface area contributed by atoms with E-state index in [1.807, 2.05) is 19.1 Å². The zero-order chi connectivity index (χ0) is 15.2. The van der Waals surface area contributed by atoms with E-state index in [4.69, 9.17) is 0 Å². The molecule has 1 aromatic rings. The Morgan fingerprint density at radius 1 is 1.52 bits per heavy atom. The summed E-state index contributed by atoms with van der Waals surface area (Å²) in [5.41, 5.74) is 1.23. The highest BCUT2D eigenvalue weighted by molar-refractivity contribution is 5.81. The second-order valence-corrected chi connectivity index (χ2v) is 5.64. The lowest BCUT2D eigenvalue weighted by Crippen LogP contribution is -2.48. The van der Waals surface area contributed by atoms with Crippen LogP contribution in [0.15, 0.2) is 36.9 Å². The molecule has 0 spiro atoms. The number of nitrogens with one attached hydrogen (secondary N) is 1. The summed E-state index contributed by atoms with van der Waals surface area (Å²) in [7, 11) is 0. The molecule has 0 aliphatic carbocycles. The van der Waals surface area contributed by atoms with Gasteiger partial charge in [-0.2, -0.15) is 0 Å². The van der Waals surface area contributed by atoms with Gasteiger partial charge in [0.2, 0.25) is 5.91 Å². The van der Waals surface area contributed by atoms with Crippen molar-refractivity contribution < 1.29 is 9.90 Å². The molecule has 0 bridgehead atoms. The number of likely N-dealkylation sites (tertiary alicyclic amines) is 1. The number of piperidine rings is 1. The Morgan fingerprint density at radius 2 is 2.24 bits per heavy atom. The molecule has 0 aromatic heterocycles. The van der Waals surface area contributed by atoms with Crippen molar-refractivity contribution >= 4 is 5.91 Å². The molecule has 2 atom stereocenters. The Balaban J connectivity index is 1.98. The molecule has 4 heteroatoms. The van der Waals surface area contributed by atoms with Crippen LogP contribution in [0.4, 0.5) is 0 Å². The highest BCUT2D eigenvalue weighted by Gasteiger charge is 2.27. The fourth-order valence-corrected chi connectivity index (χ4v) is 2.86. The first-order valence-electron chi connectivity index (χ1n) is 7.53. The van der Waals surface area contributed by atoms with Gasteiger partial charge in [-0.3, -0.25) is 9.69 Å². The second-order valence-electron chi connectivity index (χ2n) is 5.64. The van der Waals surface area contributed by atoms with E-state index < -0.39 is 0 Å². The van der Waals surface area contributed by atoms with E-state index in [1.54, 1.807) is 18.2 Å². The van der Waals surface area contributed by atoms with Crippen molar-refractivity contribution in [1.82, 2.24) is 10.2 Å². The van der Waals surface area contributed by atoms with E-state index >= 15 is 0 Å². The summed E-state index contributed by atoms with van der Waals surface area (Å²) in [6, 6.07) is 7.30. The minimum absolute atomic E-state index is 0.0567. The monoisotopic (exact) mass is 288 g/mol. The molecule has 2 N–H and O–H groups in total.